The van der Waals surface area contributed by atoms with E-state index >= 15 is 0 Å². The maximum Gasteiger partial charge on any atom is 0.114 e. The Hall–Kier alpha value is -1.31. The summed E-state index contributed by atoms with van der Waals surface area (Å²) in [7, 11) is 0. The Kier molecular flexibility index (Phi) is 3.33. The first-order valence-corrected chi connectivity index (χ1v) is 3.97. The molecule has 0 heterocycles. The standard InChI is InChI=1S/C10H12NO/c1-3-12-11-9(2)10-7-5-4-6-8-10/h5-8H,3H2,1-2H3. The monoisotopic (exact) mass is 162 g/mol. The smallest absolute Gasteiger partial charge is 0.114 e. The molecule has 0 unspecified atom stereocenters. The molecule has 1 radical (unpaired) electrons. The molecule has 0 N–H and O–H groups in total. The summed E-state index contributed by atoms with van der Waals surface area (Å²) in [6.45, 7) is 4.44. The van der Waals surface area contributed by atoms with E-state index in [9.17, 15) is 0 Å². The van der Waals surface area contributed by atoms with Crippen LogP contribution >= 0.6 is 0 Å². The summed E-state index contributed by atoms with van der Waals surface area (Å²) in [5, 5.41) is 3.92. The van der Waals surface area contributed by atoms with Crippen LogP contribution in [-0.4, -0.2) is 12.3 Å². The van der Waals surface area contributed by atoms with Gasteiger partial charge in [0.1, 0.15) is 6.61 Å². The van der Waals surface area contributed by atoms with E-state index in [-0.39, 0.29) is 0 Å². The number of oxime groups is 1. The molecule has 63 valence electrons. The van der Waals surface area contributed by atoms with Crippen LogP contribution in [0.1, 0.15) is 19.4 Å². The summed E-state index contributed by atoms with van der Waals surface area (Å²) >= 11 is 0. The first-order valence-electron chi connectivity index (χ1n) is 3.97. The van der Waals surface area contributed by atoms with Crippen molar-refractivity contribution in [3.63, 3.8) is 0 Å². The third-order valence-corrected chi connectivity index (χ3v) is 1.47. The van der Waals surface area contributed by atoms with Gasteiger partial charge in [-0.15, -0.1) is 0 Å². The van der Waals surface area contributed by atoms with Gasteiger partial charge in [0.15, 0.2) is 0 Å². The van der Waals surface area contributed by atoms with E-state index in [4.69, 9.17) is 4.84 Å². The molecule has 0 amide bonds. The van der Waals surface area contributed by atoms with Crippen molar-refractivity contribution in [3.05, 3.63) is 35.9 Å². The Labute approximate surface area is 72.9 Å². The molecule has 2 heteroatoms. The van der Waals surface area contributed by atoms with Gasteiger partial charge >= 0.3 is 0 Å². The Morgan fingerprint density at radius 1 is 1.50 bits per heavy atom. The number of nitrogens with zero attached hydrogens (tertiary/aromatic N) is 1. The molecule has 1 rings (SSSR count). The minimum Gasteiger partial charge on any atom is -0.396 e. The third-order valence-electron chi connectivity index (χ3n) is 1.47. The predicted molar refractivity (Wildman–Crippen MR) is 49.1 cm³/mol. The third kappa shape index (κ3) is 2.38. The van der Waals surface area contributed by atoms with Crippen molar-refractivity contribution in [3.8, 4) is 0 Å². The molecule has 0 fully saturated rings. The lowest BCUT2D eigenvalue weighted by atomic mass is 10.1. The highest BCUT2D eigenvalue weighted by molar-refractivity contribution is 5.98. The maximum atomic E-state index is 4.93. The van der Waals surface area contributed by atoms with Crippen molar-refractivity contribution < 1.29 is 4.84 Å². The molecular formula is C10H12NO. The lowest BCUT2D eigenvalue weighted by molar-refractivity contribution is 0.159. The van der Waals surface area contributed by atoms with Crippen LogP contribution in [0.25, 0.3) is 0 Å². The maximum absolute atomic E-state index is 4.93. The van der Waals surface area contributed by atoms with Gasteiger partial charge in [0.25, 0.3) is 0 Å². The van der Waals surface area contributed by atoms with Crippen molar-refractivity contribution in [1.82, 2.24) is 0 Å². The average molecular weight is 162 g/mol. The van der Waals surface area contributed by atoms with Crippen molar-refractivity contribution in [1.29, 1.82) is 0 Å². The molecule has 1 aromatic carbocycles. The highest BCUT2D eigenvalue weighted by Crippen LogP contribution is 2.00. The zero-order valence-corrected chi connectivity index (χ0v) is 7.37. The highest BCUT2D eigenvalue weighted by Gasteiger charge is 1.94. The van der Waals surface area contributed by atoms with E-state index in [2.05, 4.69) is 11.2 Å². The van der Waals surface area contributed by atoms with Crippen LogP contribution in [0, 0.1) is 6.07 Å². The van der Waals surface area contributed by atoms with Crippen LogP contribution in [-0.2, 0) is 4.84 Å². The van der Waals surface area contributed by atoms with Gasteiger partial charge in [-0.3, -0.25) is 0 Å². The van der Waals surface area contributed by atoms with Crippen LogP contribution in [0.3, 0.4) is 0 Å². The second kappa shape index (κ2) is 4.54. The quantitative estimate of drug-likeness (QED) is 0.493. The highest BCUT2D eigenvalue weighted by atomic mass is 16.6. The first kappa shape index (κ1) is 8.78. The van der Waals surface area contributed by atoms with Crippen molar-refractivity contribution in [2.24, 2.45) is 5.16 Å². The van der Waals surface area contributed by atoms with E-state index in [1.807, 2.05) is 38.1 Å². The van der Waals surface area contributed by atoms with E-state index in [0.717, 1.165) is 11.3 Å². The zero-order valence-electron chi connectivity index (χ0n) is 7.37. The number of hydrogen-bond acceptors (Lipinski definition) is 2. The zero-order chi connectivity index (χ0) is 8.81. The van der Waals surface area contributed by atoms with Gasteiger partial charge in [0.2, 0.25) is 0 Å². The molecule has 1 aromatic rings. The van der Waals surface area contributed by atoms with Gasteiger partial charge in [-0.25, -0.2) is 0 Å². The van der Waals surface area contributed by atoms with Gasteiger partial charge in [-0.1, -0.05) is 29.4 Å². The van der Waals surface area contributed by atoms with Gasteiger partial charge in [-0.2, -0.15) is 0 Å². The second-order valence-electron chi connectivity index (χ2n) is 2.38. The minimum atomic E-state index is 0.607. The fraction of sp³-hybridized carbons (Fsp3) is 0.300. The van der Waals surface area contributed by atoms with E-state index in [1.165, 1.54) is 0 Å². The SMILES string of the molecule is CCON=C(C)c1cc[c]cc1. The van der Waals surface area contributed by atoms with Crippen molar-refractivity contribution >= 4 is 5.71 Å². The fourth-order valence-electron chi connectivity index (χ4n) is 0.842. The lowest BCUT2D eigenvalue weighted by Crippen LogP contribution is -1.95. The van der Waals surface area contributed by atoms with Crippen LogP contribution in [0.4, 0.5) is 0 Å². The normalized spacial score (nSPS) is 11.3. The molecule has 0 aliphatic carbocycles. The molecule has 0 spiro atoms. The topological polar surface area (TPSA) is 21.6 Å². The van der Waals surface area contributed by atoms with Crippen molar-refractivity contribution in [2.45, 2.75) is 13.8 Å². The largest absolute Gasteiger partial charge is 0.396 e. The lowest BCUT2D eigenvalue weighted by Gasteiger charge is -1.98. The fourth-order valence-corrected chi connectivity index (χ4v) is 0.842. The molecule has 2 nitrogen and oxygen atoms in total. The summed E-state index contributed by atoms with van der Waals surface area (Å²) in [4.78, 5) is 4.93. The predicted octanol–water partition coefficient (Wildman–Crippen LogP) is 2.25. The first-order chi connectivity index (χ1) is 5.84. The summed E-state index contributed by atoms with van der Waals surface area (Å²) in [6.07, 6.45) is 0. The van der Waals surface area contributed by atoms with Crippen LogP contribution < -0.4 is 0 Å². The Morgan fingerprint density at radius 2 is 2.17 bits per heavy atom. The second-order valence-corrected chi connectivity index (χ2v) is 2.38. The molecule has 0 aliphatic rings. The van der Waals surface area contributed by atoms with Gasteiger partial charge < -0.3 is 4.84 Å². The number of hydrogen-bond donors (Lipinski definition) is 0. The van der Waals surface area contributed by atoms with Gasteiger partial charge in [-0.05, 0) is 25.5 Å². The van der Waals surface area contributed by atoms with Gasteiger partial charge in [0.05, 0.1) is 5.71 Å². The van der Waals surface area contributed by atoms with Crippen molar-refractivity contribution in [2.75, 3.05) is 6.61 Å². The average Bonchev–Trinajstić information content (AvgIpc) is 2.15. The summed E-state index contributed by atoms with van der Waals surface area (Å²) in [5.74, 6) is 0. The van der Waals surface area contributed by atoms with Crippen LogP contribution in [0.5, 0.6) is 0 Å². The molecule has 12 heavy (non-hydrogen) atoms. The molecular weight excluding hydrogens is 150 g/mol. The molecule has 0 saturated heterocycles. The number of rotatable bonds is 3. The van der Waals surface area contributed by atoms with E-state index in [0.29, 0.717) is 6.61 Å². The summed E-state index contributed by atoms with van der Waals surface area (Å²) in [5.41, 5.74) is 1.97. The van der Waals surface area contributed by atoms with Crippen LogP contribution in [0.2, 0.25) is 0 Å². The van der Waals surface area contributed by atoms with Gasteiger partial charge in [0, 0.05) is 0 Å². The molecule has 0 atom stereocenters. The summed E-state index contributed by atoms with van der Waals surface area (Å²) in [6, 6.07) is 10.6. The molecule has 0 saturated carbocycles. The molecule has 0 bridgehead atoms. The summed E-state index contributed by atoms with van der Waals surface area (Å²) < 4.78 is 0. The Morgan fingerprint density at radius 3 is 2.75 bits per heavy atom. The Balaban J connectivity index is 2.71. The molecule has 0 aliphatic heterocycles. The van der Waals surface area contributed by atoms with Crippen LogP contribution in [0.15, 0.2) is 29.4 Å². The minimum absolute atomic E-state index is 0.607. The Bertz CT molecular complexity index is 254. The van der Waals surface area contributed by atoms with E-state index < -0.39 is 0 Å². The molecule has 0 aromatic heterocycles. The number of benzene rings is 1. The van der Waals surface area contributed by atoms with E-state index in [1.54, 1.807) is 0 Å².